The van der Waals surface area contributed by atoms with E-state index in [9.17, 15) is 9.59 Å². The minimum Gasteiger partial charge on any atom is -0.393 e. The average molecular weight is 431 g/mol. The molecule has 1 aromatic carbocycles. The molecule has 6 heteroatoms. The second-order valence-electron chi connectivity index (χ2n) is 2.61. The number of nitrogens with one attached hydrogen (secondary N) is 1. The van der Waals surface area contributed by atoms with Gasteiger partial charge in [0.15, 0.2) is 23.0 Å². The summed E-state index contributed by atoms with van der Waals surface area (Å²) in [6, 6.07) is 7.14. The van der Waals surface area contributed by atoms with Crippen molar-refractivity contribution in [2.45, 2.75) is 0 Å². The van der Waals surface area contributed by atoms with Crippen molar-refractivity contribution < 1.29 is 12.7 Å². The van der Waals surface area contributed by atoms with E-state index in [0.29, 0.717) is 5.56 Å². The molecule has 0 aliphatic carbocycles. The lowest BCUT2D eigenvalue weighted by atomic mass is 10.2. The number of halogens is 2. The Kier molecular flexibility index (Phi) is 5.29. The molecule has 0 aromatic heterocycles. The number of rotatable bonds is 3. The van der Waals surface area contributed by atoms with Gasteiger partial charge in [0.1, 0.15) is 6.54 Å². The van der Waals surface area contributed by atoms with E-state index in [-0.39, 0.29) is 12.5 Å². The molecule has 0 atom stereocenters. The SMILES string of the molecule is O=C(CNC(=O)c1ccccc1I)OI. The largest absolute Gasteiger partial charge is 0.393 e. The lowest BCUT2D eigenvalue weighted by Crippen LogP contribution is -2.29. The van der Waals surface area contributed by atoms with E-state index in [1.54, 1.807) is 12.1 Å². The van der Waals surface area contributed by atoms with Crippen molar-refractivity contribution in [1.82, 2.24) is 5.32 Å². The van der Waals surface area contributed by atoms with Crippen molar-refractivity contribution in [2.75, 3.05) is 6.54 Å². The monoisotopic (exact) mass is 431 g/mol. The van der Waals surface area contributed by atoms with Crippen molar-refractivity contribution in [1.29, 1.82) is 0 Å². The Morgan fingerprint density at radius 2 is 2.00 bits per heavy atom. The molecule has 0 radical (unpaired) electrons. The molecular weight excluding hydrogens is 424 g/mol. The zero-order chi connectivity index (χ0) is 11.3. The Hall–Kier alpha value is -0.380. The third-order valence-electron chi connectivity index (χ3n) is 1.60. The van der Waals surface area contributed by atoms with E-state index in [2.05, 4.69) is 31.0 Å². The van der Waals surface area contributed by atoms with Gasteiger partial charge in [-0.3, -0.25) is 4.79 Å². The quantitative estimate of drug-likeness (QED) is 0.745. The second-order valence-corrected chi connectivity index (χ2v) is 4.21. The molecule has 0 fully saturated rings. The molecule has 0 bridgehead atoms. The van der Waals surface area contributed by atoms with E-state index < -0.39 is 5.97 Å². The molecule has 4 nitrogen and oxygen atoms in total. The van der Waals surface area contributed by atoms with Gasteiger partial charge >= 0.3 is 5.97 Å². The van der Waals surface area contributed by atoms with E-state index in [1.807, 2.05) is 12.1 Å². The molecule has 0 aliphatic heterocycles. The van der Waals surface area contributed by atoms with E-state index in [4.69, 9.17) is 0 Å². The summed E-state index contributed by atoms with van der Waals surface area (Å²) in [5.41, 5.74) is 0.555. The molecule has 1 aromatic rings. The van der Waals surface area contributed by atoms with Gasteiger partial charge in [-0.1, -0.05) is 12.1 Å². The molecule has 15 heavy (non-hydrogen) atoms. The Bertz CT molecular complexity index is 381. The van der Waals surface area contributed by atoms with Gasteiger partial charge < -0.3 is 8.38 Å². The fourth-order valence-electron chi connectivity index (χ4n) is 0.920. The third-order valence-corrected chi connectivity index (χ3v) is 3.03. The standard InChI is InChI=1S/C9H7I2NO3/c10-7-4-2-1-3-6(7)9(14)12-5-8(13)15-11/h1-4H,5H2,(H,12,14). The molecule has 1 N–H and O–H groups in total. The molecule has 80 valence electrons. The van der Waals surface area contributed by atoms with Crippen LogP contribution in [0.4, 0.5) is 0 Å². The zero-order valence-corrected chi connectivity index (χ0v) is 11.8. The first kappa shape index (κ1) is 12.7. The van der Waals surface area contributed by atoms with Crippen LogP contribution in [0, 0.1) is 3.57 Å². The molecule has 0 spiro atoms. The third kappa shape index (κ3) is 3.93. The summed E-state index contributed by atoms with van der Waals surface area (Å²) in [6.07, 6.45) is 0. The van der Waals surface area contributed by atoms with Gasteiger partial charge in [0.05, 0.1) is 5.56 Å². The van der Waals surface area contributed by atoms with Gasteiger partial charge in [0.25, 0.3) is 5.91 Å². The maximum atomic E-state index is 11.6. The molecule has 0 saturated carbocycles. The highest BCUT2D eigenvalue weighted by molar-refractivity contribution is 14.1. The molecule has 0 saturated heterocycles. The fourth-order valence-corrected chi connectivity index (χ4v) is 1.71. The molecule has 0 unspecified atom stereocenters. The molecule has 1 amide bonds. The highest BCUT2D eigenvalue weighted by Gasteiger charge is 2.10. The summed E-state index contributed by atoms with van der Waals surface area (Å²) in [5, 5.41) is 2.47. The van der Waals surface area contributed by atoms with Gasteiger partial charge in [0.2, 0.25) is 0 Å². The van der Waals surface area contributed by atoms with Crippen molar-refractivity contribution in [3.63, 3.8) is 0 Å². The van der Waals surface area contributed by atoms with E-state index in [0.717, 1.165) is 3.57 Å². The number of carbonyl (C=O) groups excluding carboxylic acids is 2. The normalized spacial score (nSPS) is 9.47. The summed E-state index contributed by atoms with van der Waals surface area (Å²) in [6.45, 7) is -0.118. The number of hydrogen-bond donors (Lipinski definition) is 1. The van der Waals surface area contributed by atoms with Crippen LogP contribution in [0.3, 0.4) is 0 Å². The van der Waals surface area contributed by atoms with Crippen LogP contribution in [0.15, 0.2) is 24.3 Å². The number of amides is 1. The molecule has 1 rings (SSSR count). The van der Waals surface area contributed by atoms with Crippen molar-refractivity contribution in [2.24, 2.45) is 0 Å². The van der Waals surface area contributed by atoms with Crippen LogP contribution in [-0.2, 0) is 7.86 Å². The molecular formula is C9H7I2NO3. The van der Waals surface area contributed by atoms with Gasteiger partial charge in [-0.2, -0.15) is 0 Å². The first-order valence-corrected chi connectivity index (χ1v) is 5.95. The maximum Gasteiger partial charge on any atom is 0.334 e. The molecule has 0 aliphatic rings. The summed E-state index contributed by atoms with van der Waals surface area (Å²) < 4.78 is 5.22. The summed E-state index contributed by atoms with van der Waals surface area (Å²) in [4.78, 5) is 22.3. The zero-order valence-electron chi connectivity index (χ0n) is 7.50. The summed E-state index contributed by atoms with van der Waals surface area (Å²) >= 11 is 3.54. The van der Waals surface area contributed by atoms with Crippen LogP contribution >= 0.6 is 45.6 Å². The predicted molar refractivity (Wildman–Crippen MR) is 71.6 cm³/mol. The van der Waals surface area contributed by atoms with Crippen LogP contribution in [0.25, 0.3) is 0 Å². The Balaban J connectivity index is 2.62. The number of benzene rings is 1. The van der Waals surface area contributed by atoms with Crippen LogP contribution in [0.2, 0.25) is 0 Å². The van der Waals surface area contributed by atoms with Crippen molar-refractivity contribution >= 4 is 57.5 Å². The Labute approximate surface area is 115 Å². The van der Waals surface area contributed by atoms with Gasteiger partial charge in [-0.05, 0) is 34.7 Å². The van der Waals surface area contributed by atoms with Crippen molar-refractivity contribution in [3.05, 3.63) is 33.4 Å². The van der Waals surface area contributed by atoms with Crippen LogP contribution in [0.1, 0.15) is 10.4 Å². The smallest absolute Gasteiger partial charge is 0.334 e. The number of carbonyl (C=O) groups is 2. The maximum absolute atomic E-state index is 11.6. The lowest BCUT2D eigenvalue weighted by Gasteiger charge is -2.04. The van der Waals surface area contributed by atoms with Gasteiger partial charge in [-0.25, -0.2) is 4.79 Å². The minimum absolute atomic E-state index is 0.118. The van der Waals surface area contributed by atoms with E-state index >= 15 is 0 Å². The topological polar surface area (TPSA) is 55.4 Å². The first-order chi connectivity index (χ1) is 7.15. The predicted octanol–water partition coefficient (Wildman–Crippen LogP) is 1.91. The van der Waals surface area contributed by atoms with Gasteiger partial charge in [0, 0.05) is 3.57 Å². The summed E-state index contributed by atoms with van der Waals surface area (Å²) in [5.74, 6) is -0.753. The average Bonchev–Trinajstić information content (AvgIpc) is 2.26. The van der Waals surface area contributed by atoms with Gasteiger partial charge in [-0.15, -0.1) is 0 Å². The molecule has 0 heterocycles. The first-order valence-electron chi connectivity index (χ1n) is 3.99. The second kappa shape index (κ2) is 6.26. The van der Waals surface area contributed by atoms with Crippen molar-refractivity contribution in [3.8, 4) is 0 Å². The fraction of sp³-hybridized carbons (Fsp3) is 0.111. The highest BCUT2D eigenvalue weighted by Crippen LogP contribution is 2.10. The lowest BCUT2D eigenvalue weighted by molar-refractivity contribution is -0.130. The van der Waals surface area contributed by atoms with Crippen LogP contribution < -0.4 is 5.32 Å². The Morgan fingerprint density at radius 1 is 1.33 bits per heavy atom. The van der Waals surface area contributed by atoms with E-state index in [1.165, 1.54) is 23.0 Å². The number of hydrogen-bond acceptors (Lipinski definition) is 3. The van der Waals surface area contributed by atoms with Crippen LogP contribution in [0.5, 0.6) is 0 Å². The minimum atomic E-state index is -0.477. The highest BCUT2D eigenvalue weighted by atomic mass is 127. The summed E-state index contributed by atoms with van der Waals surface area (Å²) in [7, 11) is 0. The van der Waals surface area contributed by atoms with Crippen LogP contribution in [-0.4, -0.2) is 18.4 Å². The Morgan fingerprint density at radius 3 is 2.60 bits per heavy atom.